The van der Waals surface area contributed by atoms with Gasteiger partial charge in [0.2, 0.25) is 0 Å². The number of hydrogen-bond donors (Lipinski definition) is 0. The van der Waals surface area contributed by atoms with Gasteiger partial charge < -0.3 is 9.47 Å². The second-order valence-corrected chi connectivity index (χ2v) is 5.07. The van der Waals surface area contributed by atoms with Crippen LogP contribution in [-0.4, -0.2) is 13.7 Å². The Morgan fingerprint density at radius 1 is 1.00 bits per heavy atom. The highest BCUT2D eigenvalue weighted by Crippen LogP contribution is 2.29. The van der Waals surface area contributed by atoms with Gasteiger partial charge in [0.25, 0.3) is 0 Å². The van der Waals surface area contributed by atoms with Gasteiger partial charge in [-0.3, -0.25) is 0 Å². The molecule has 2 aromatic carbocycles. The van der Waals surface area contributed by atoms with Crippen molar-refractivity contribution in [2.24, 2.45) is 0 Å². The van der Waals surface area contributed by atoms with E-state index in [-0.39, 0.29) is 5.75 Å². The zero-order valence-electron chi connectivity index (χ0n) is 11.5. The maximum absolute atomic E-state index is 13.8. The van der Waals surface area contributed by atoms with E-state index in [1.54, 1.807) is 19.2 Å². The van der Waals surface area contributed by atoms with E-state index in [0.717, 1.165) is 12.0 Å². The summed E-state index contributed by atoms with van der Waals surface area (Å²) in [5.74, 6) is -1.43. The zero-order valence-corrected chi connectivity index (χ0v) is 13.1. The average molecular weight is 357 g/mol. The van der Waals surface area contributed by atoms with Crippen LogP contribution in [0.25, 0.3) is 0 Å². The Labute approximate surface area is 130 Å². The normalized spacial score (nSPS) is 10.7. The fraction of sp³-hybridized carbons (Fsp3) is 0.250. The van der Waals surface area contributed by atoms with Gasteiger partial charge in [-0.2, -0.15) is 0 Å². The lowest BCUT2D eigenvalue weighted by molar-refractivity contribution is 0.202. The summed E-state index contributed by atoms with van der Waals surface area (Å²) in [5.41, 5.74) is 1.59. The maximum Gasteiger partial charge on any atom is 0.198 e. The van der Waals surface area contributed by atoms with Crippen LogP contribution < -0.4 is 4.74 Å². The van der Waals surface area contributed by atoms with E-state index < -0.39 is 11.6 Å². The number of hydrogen-bond acceptors (Lipinski definition) is 2. The summed E-state index contributed by atoms with van der Waals surface area (Å²) in [6, 6.07) is 9.55. The lowest BCUT2D eigenvalue weighted by atomic mass is 10.1. The van der Waals surface area contributed by atoms with E-state index in [1.807, 2.05) is 12.1 Å². The van der Waals surface area contributed by atoms with E-state index in [4.69, 9.17) is 9.47 Å². The quantitative estimate of drug-likeness (QED) is 0.689. The van der Waals surface area contributed by atoms with Crippen molar-refractivity contribution in [2.45, 2.75) is 11.8 Å². The van der Waals surface area contributed by atoms with Gasteiger partial charge in [0.15, 0.2) is 17.4 Å². The van der Waals surface area contributed by atoms with Crippen LogP contribution in [0, 0.1) is 11.6 Å². The average Bonchev–Trinajstić information content (AvgIpc) is 2.49. The Morgan fingerprint density at radius 3 is 2.14 bits per heavy atom. The number of methoxy groups -OCH3 is 1. The number of alkyl halides is 1. The second kappa shape index (κ2) is 7.52. The number of ether oxygens (including phenoxy) is 2. The molecule has 0 aliphatic carbocycles. The Bertz CT molecular complexity index is 577. The van der Waals surface area contributed by atoms with Gasteiger partial charge in [-0.25, -0.2) is 8.78 Å². The van der Waals surface area contributed by atoms with E-state index in [1.165, 1.54) is 12.1 Å². The van der Waals surface area contributed by atoms with Crippen molar-refractivity contribution in [3.05, 3.63) is 59.2 Å². The lowest BCUT2D eigenvalue weighted by Gasteiger charge is -2.10. The van der Waals surface area contributed by atoms with E-state index in [9.17, 15) is 8.78 Å². The van der Waals surface area contributed by atoms with Gasteiger partial charge in [0.05, 0.1) is 6.61 Å². The van der Waals surface area contributed by atoms with Crippen LogP contribution in [0.5, 0.6) is 11.5 Å². The number of halogens is 3. The highest BCUT2D eigenvalue weighted by molar-refractivity contribution is 9.08. The van der Waals surface area contributed by atoms with Crippen LogP contribution in [0.15, 0.2) is 36.4 Å². The highest BCUT2D eigenvalue weighted by Gasteiger charge is 2.13. The van der Waals surface area contributed by atoms with Crippen LogP contribution in [0.1, 0.15) is 11.1 Å². The Balaban J connectivity index is 2.14. The molecule has 2 rings (SSSR count). The fourth-order valence-corrected chi connectivity index (χ4v) is 2.17. The Morgan fingerprint density at radius 2 is 1.62 bits per heavy atom. The minimum atomic E-state index is -0.715. The molecule has 0 unspecified atom stereocenters. The molecular formula is C16H15BrF2O2. The molecule has 0 amide bonds. The molecule has 112 valence electrons. The largest absolute Gasteiger partial charge is 0.451 e. The summed E-state index contributed by atoms with van der Waals surface area (Å²) in [6.07, 6.45) is 0.777. The molecule has 0 N–H and O–H groups in total. The summed E-state index contributed by atoms with van der Waals surface area (Å²) in [4.78, 5) is 0. The van der Waals surface area contributed by atoms with Crippen molar-refractivity contribution < 1.29 is 18.3 Å². The molecule has 2 nitrogen and oxygen atoms in total. The minimum absolute atomic E-state index is 0.384. The van der Waals surface area contributed by atoms with Gasteiger partial charge in [0.1, 0.15) is 5.75 Å². The minimum Gasteiger partial charge on any atom is -0.451 e. The molecule has 0 saturated heterocycles. The van der Waals surface area contributed by atoms with Crippen LogP contribution in [0.2, 0.25) is 0 Å². The molecular weight excluding hydrogens is 342 g/mol. The molecule has 0 radical (unpaired) electrons. The van der Waals surface area contributed by atoms with Crippen molar-refractivity contribution in [3.63, 3.8) is 0 Å². The summed E-state index contributed by atoms with van der Waals surface area (Å²) in [6.45, 7) is 0.622. The SMILES string of the molecule is COCCc1ccc(Oc2c(F)cc(CBr)cc2F)cc1. The van der Waals surface area contributed by atoms with Crippen LogP contribution in [0.4, 0.5) is 8.78 Å². The first-order valence-corrected chi connectivity index (χ1v) is 7.56. The molecule has 0 heterocycles. The van der Waals surface area contributed by atoms with Gasteiger partial charge in [-0.05, 0) is 41.8 Å². The molecule has 0 aliphatic rings. The predicted molar refractivity (Wildman–Crippen MR) is 81.1 cm³/mol. The lowest BCUT2D eigenvalue weighted by Crippen LogP contribution is -1.96. The number of benzene rings is 2. The van der Waals surface area contributed by atoms with Gasteiger partial charge >= 0.3 is 0 Å². The van der Waals surface area contributed by atoms with Crippen LogP contribution in [-0.2, 0) is 16.5 Å². The Hall–Kier alpha value is -1.46. The third-order valence-corrected chi connectivity index (χ3v) is 3.60. The van der Waals surface area contributed by atoms with Crippen molar-refractivity contribution in [2.75, 3.05) is 13.7 Å². The Kier molecular flexibility index (Phi) is 5.70. The summed E-state index contributed by atoms with van der Waals surface area (Å²) in [7, 11) is 1.64. The smallest absolute Gasteiger partial charge is 0.198 e. The van der Waals surface area contributed by atoms with Crippen LogP contribution in [0.3, 0.4) is 0 Å². The van der Waals surface area contributed by atoms with Gasteiger partial charge in [-0.15, -0.1) is 0 Å². The molecule has 0 aliphatic heterocycles. The first-order chi connectivity index (χ1) is 10.1. The summed E-state index contributed by atoms with van der Waals surface area (Å²) in [5, 5.41) is 0.384. The van der Waals surface area contributed by atoms with Gasteiger partial charge in [0, 0.05) is 12.4 Å². The van der Waals surface area contributed by atoms with E-state index >= 15 is 0 Å². The third kappa shape index (κ3) is 4.25. The van der Waals surface area contributed by atoms with E-state index in [2.05, 4.69) is 15.9 Å². The summed E-state index contributed by atoms with van der Waals surface area (Å²) < 4.78 is 37.9. The molecule has 21 heavy (non-hydrogen) atoms. The molecule has 0 fully saturated rings. The molecule has 0 saturated carbocycles. The second-order valence-electron chi connectivity index (χ2n) is 4.51. The topological polar surface area (TPSA) is 18.5 Å². The van der Waals surface area contributed by atoms with Crippen molar-refractivity contribution in [1.29, 1.82) is 0 Å². The molecule has 0 aromatic heterocycles. The standard InChI is InChI=1S/C16H15BrF2O2/c1-20-7-6-11-2-4-13(5-3-11)21-16-14(18)8-12(10-17)9-15(16)19/h2-5,8-9H,6-7,10H2,1H3. The van der Waals surface area contributed by atoms with E-state index in [0.29, 0.717) is 23.2 Å². The molecule has 5 heteroatoms. The van der Waals surface area contributed by atoms with Gasteiger partial charge in [-0.1, -0.05) is 28.1 Å². The summed E-state index contributed by atoms with van der Waals surface area (Å²) >= 11 is 3.16. The predicted octanol–water partition coefficient (Wildman–Crippen LogP) is 4.84. The number of rotatable bonds is 6. The first-order valence-electron chi connectivity index (χ1n) is 6.43. The monoisotopic (exact) mass is 356 g/mol. The molecule has 0 spiro atoms. The molecule has 0 atom stereocenters. The first kappa shape index (κ1) is 15.9. The van der Waals surface area contributed by atoms with Crippen LogP contribution >= 0.6 is 15.9 Å². The highest BCUT2D eigenvalue weighted by atomic mass is 79.9. The maximum atomic E-state index is 13.8. The molecule has 2 aromatic rings. The third-order valence-electron chi connectivity index (χ3n) is 2.95. The fourth-order valence-electron chi connectivity index (χ4n) is 1.85. The van der Waals surface area contributed by atoms with Crippen molar-refractivity contribution >= 4 is 15.9 Å². The van der Waals surface area contributed by atoms with Crippen molar-refractivity contribution in [3.8, 4) is 11.5 Å². The zero-order chi connectivity index (χ0) is 15.2. The molecule has 0 bridgehead atoms. The van der Waals surface area contributed by atoms with Crippen molar-refractivity contribution in [1.82, 2.24) is 0 Å².